The van der Waals surface area contributed by atoms with Crippen molar-refractivity contribution < 1.29 is 29.0 Å². The fourth-order valence-corrected chi connectivity index (χ4v) is 2.14. The lowest BCUT2D eigenvalue weighted by molar-refractivity contribution is -0.141. The number of carbonyl (C=O) groups is 3. The van der Waals surface area contributed by atoms with Gasteiger partial charge in [0.25, 0.3) is 11.8 Å². The fraction of sp³-hybridized carbons (Fsp3) is 0.438. The predicted octanol–water partition coefficient (Wildman–Crippen LogP) is 0.127. The first-order chi connectivity index (χ1) is 11.5. The monoisotopic (exact) mass is 336 g/mol. The van der Waals surface area contributed by atoms with Gasteiger partial charge in [0.1, 0.15) is 11.8 Å². The summed E-state index contributed by atoms with van der Waals surface area (Å²) < 4.78 is 10.5. The van der Waals surface area contributed by atoms with Crippen molar-refractivity contribution in [2.75, 3.05) is 32.9 Å². The van der Waals surface area contributed by atoms with Crippen LogP contribution in [0.5, 0.6) is 5.75 Å². The maximum atomic E-state index is 12.3. The average molecular weight is 336 g/mol. The molecule has 8 heteroatoms. The van der Waals surface area contributed by atoms with E-state index in [1.807, 2.05) is 0 Å². The van der Waals surface area contributed by atoms with Crippen molar-refractivity contribution in [1.82, 2.24) is 10.2 Å². The van der Waals surface area contributed by atoms with Crippen LogP contribution in [-0.2, 0) is 14.3 Å². The highest BCUT2D eigenvalue weighted by Crippen LogP contribution is 2.14. The largest absolute Gasteiger partial charge is 0.484 e. The SMILES string of the molecule is CC(NC(=O)COc1ccc(C(=O)N2CCOCC2)cc1)C(=O)O. The molecule has 1 aliphatic heterocycles. The van der Waals surface area contributed by atoms with Crippen LogP contribution in [-0.4, -0.2) is 66.7 Å². The number of nitrogens with zero attached hydrogens (tertiary/aromatic N) is 1. The number of carbonyl (C=O) groups excluding carboxylic acids is 2. The van der Waals surface area contributed by atoms with E-state index in [1.165, 1.54) is 6.92 Å². The predicted molar refractivity (Wildman–Crippen MR) is 83.9 cm³/mol. The third-order valence-corrected chi connectivity index (χ3v) is 3.52. The lowest BCUT2D eigenvalue weighted by Gasteiger charge is -2.26. The van der Waals surface area contributed by atoms with Crippen LogP contribution in [0, 0.1) is 0 Å². The smallest absolute Gasteiger partial charge is 0.325 e. The molecule has 1 aliphatic rings. The van der Waals surface area contributed by atoms with Crippen LogP contribution in [0.1, 0.15) is 17.3 Å². The molecular weight excluding hydrogens is 316 g/mol. The summed E-state index contributed by atoms with van der Waals surface area (Å²) in [7, 11) is 0. The van der Waals surface area contributed by atoms with Crippen LogP contribution in [0.3, 0.4) is 0 Å². The number of morpholine rings is 1. The highest BCUT2D eigenvalue weighted by Gasteiger charge is 2.18. The van der Waals surface area contributed by atoms with Crippen molar-refractivity contribution in [1.29, 1.82) is 0 Å². The molecule has 0 spiro atoms. The van der Waals surface area contributed by atoms with Gasteiger partial charge in [-0.05, 0) is 31.2 Å². The maximum absolute atomic E-state index is 12.3. The fourth-order valence-electron chi connectivity index (χ4n) is 2.14. The summed E-state index contributed by atoms with van der Waals surface area (Å²) in [5.74, 6) is -1.29. The molecule has 0 radical (unpaired) electrons. The number of hydrogen-bond acceptors (Lipinski definition) is 5. The molecule has 1 heterocycles. The minimum atomic E-state index is -1.12. The Hall–Kier alpha value is -2.61. The second-order valence-electron chi connectivity index (χ2n) is 5.35. The summed E-state index contributed by atoms with van der Waals surface area (Å²) in [6, 6.07) is 5.48. The van der Waals surface area contributed by atoms with Gasteiger partial charge in [0.05, 0.1) is 13.2 Å². The zero-order valence-electron chi connectivity index (χ0n) is 13.4. The first-order valence-electron chi connectivity index (χ1n) is 7.59. The van der Waals surface area contributed by atoms with Gasteiger partial charge in [0, 0.05) is 18.7 Å². The molecule has 2 amide bonds. The van der Waals surface area contributed by atoms with Crippen molar-refractivity contribution in [3.05, 3.63) is 29.8 Å². The molecule has 1 aromatic carbocycles. The molecule has 0 bridgehead atoms. The number of amides is 2. The molecule has 1 atom stereocenters. The van der Waals surface area contributed by atoms with Crippen molar-refractivity contribution in [2.45, 2.75) is 13.0 Å². The molecule has 2 N–H and O–H groups in total. The van der Waals surface area contributed by atoms with Crippen molar-refractivity contribution in [2.24, 2.45) is 0 Å². The summed E-state index contributed by atoms with van der Waals surface area (Å²) in [4.78, 5) is 36.2. The standard InChI is InChI=1S/C16H20N2O6/c1-11(16(21)22)17-14(19)10-24-13-4-2-12(3-5-13)15(20)18-6-8-23-9-7-18/h2-5,11H,6-10H2,1H3,(H,17,19)(H,21,22). The van der Waals surface area contributed by atoms with Crippen LogP contribution >= 0.6 is 0 Å². The second-order valence-corrected chi connectivity index (χ2v) is 5.35. The van der Waals surface area contributed by atoms with Gasteiger partial charge in [0.2, 0.25) is 0 Å². The normalized spacial score (nSPS) is 15.5. The van der Waals surface area contributed by atoms with Gasteiger partial charge in [-0.1, -0.05) is 0 Å². The molecule has 24 heavy (non-hydrogen) atoms. The zero-order valence-corrected chi connectivity index (χ0v) is 13.4. The zero-order chi connectivity index (χ0) is 17.5. The highest BCUT2D eigenvalue weighted by molar-refractivity contribution is 5.94. The number of carboxylic acid groups (broad SMARTS) is 1. The van der Waals surface area contributed by atoms with E-state index < -0.39 is 17.9 Å². The van der Waals surface area contributed by atoms with Crippen molar-refractivity contribution >= 4 is 17.8 Å². The van der Waals surface area contributed by atoms with E-state index in [0.717, 1.165) is 0 Å². The third-order valence-electron chi connectivity index (χ3n) is 3.52. The van der Waals surface area contributed by atoms with Crippen LogP contribution in [0.2, 0.25) is 0 Å². The Labute approximate surface area is 139 Å². The van der Waals surface area contributed by atoms with Gasteiger partial charge in [-0.15, -0.1) is 0 Å². The molecule has 8 nitrogen and oxygen atoms in total. The Morgan fingerprint density at radius 3 is 2.46 bits per heavy atom. The Morgan fingerprint density at radius 1 is 1.25 bits per heavy atom. The van der Waals surface area contributed by atoms with Gasteiger partial charge in [-0.2, -0.15) is 0 Å². The van der Waals surface area contributed by atoms with Gasteiger partial charge < -0.3 is 24.8 Å². The van der Waals surface area contributed by atoms with E-state index >= 15 is 0 Å². The van der Waals surface area contributed by atoms with E-state index in [0.29, 0.717) is 37.6 Å². The minimum Gasteiger partial charge on any atom is -0.484 e. The Morgan fingerprint density at radius 2 is 1.88 bits per heavy atom. The average Bonchev–Trinajstić information content (AvgIpc) is 2.60. The molecule has 1 fully saturated rings. The molecule has 1 aromatic rings. The quantitative estimate of drug-likeness (QED) is 0.765. The lowest BCUT2D eigenvalue weighted by Crippen LogP contribution is -2.41. The minimum absolute atomic E-state index is 0.0714. The van der Waals surface area contributed by atoms with Crippen LogP contribution in [0.4, 0.5) is 0 Å². The van der Waals surface area contributed by atoms with Crippen LogP contribution in [0.15, 0.2) is 24.3 Å². The van der Waals surface area contributed by atoms with Crippen LogP contribution < -0.4 is 10.1 Å². The number of hydrogen-bond donors (Lipinski definition) is 2. The Kier molecular flexibility index (Phi) is 6.14. The first kappa shape index (κ1) is 17.7. The molecule has 0 aliphatic carbocycles. The molecule has 2 rings (SSSR count). The third kappa shape index (κ3) is 4.95. The number of rotatable bonds is 6. The molecule has 0 aromatic heterocycles. The summed E-state index contributed by atoms with van der Waals surface area (Å²) >= 11 is 0. The van der Waals surface area contributed by atoms with E-state index in [9.17, 15) is 14.4 Å². The van der Waals surface area contributed by atoms with E-state index in [2.05, 4.69) is 5.32 Å². The van der Waals surface area contributed by atoms with Crippen LogP contribution in [0.25, 0.3) is 0 Å². The lowest BCUT2D eigenvalue weighted by atomic mass is 10.2. The first-order valence-corrected chi connectivity index (χ1v) is 7.59. The molecule has 130 valence electrons. The van der Waals surface area contributed by atoms with E-state index in [-0.39, 0.29) is 12.5 Å². The van der Waals surface area contributed by atoms with E-state index in [4.69, 9.17) is 14.6 Å². The number of nitrogens with one attached hydrogen (secondary N) is 1. The number of aliphatic carboxylic acids is 1. The molecule has 1 unspecified atom stereocenters. The number of carboxylic acids is 1. The molecule has 0 saturated carbocycles. The number of benzene rings is 1. The summed E-state index contributed by atoms with van der Waals surface area (Å²) in [6.07, 6.45) is 0. The highest BCUT2D eigenvalue weighted by atomic mass is 16.5. The summed E-state index contributed by atoms with van der Waals surface area (Å²) in [5, 5.41) is 11.0. The Bertz CT molecular complexity index is 595. The second kappa shape index (κ2) is 8.30. The van der Waals surface area contributed by atoms with Gasteiger partial charge in [-0.25, -0.2) is 0 Å². The molecular formula is C16H20N2O6. The topological polar surface area (TPSA) is 105 Å². The van der Waals surface area contributed by atoms with E-state index in [1.54, 1.807) is 29.2 Å². The van der Waals surface area contributed by atoms with Crippen molar-refractivity contribution in [3.8, 4) is 5.75 Å². The summed E-state index contributed by atoms with van der Waals surface area (Å²) in [5.41, 5.74) is 0.535. The van der Waals surface area contributed by atoms with Gasteiger partial charge in [-0.3, -0.25) is 14.4 Å². The maximum Gasteiger partial charge on any atom is 0.325 e. The summed E-state index contributed by atoms with van der Waals surface area (Å²) in [6.45, 7) is 3.28. The molecule has 1 saturated heterocycles. The van der Waals surface area contributed by atoms with Gasteiger partial charge in [0.15, 0.2) is 6.61 Å². The Balaban J connectivity index is 1.84. The van der Waals surface area contributed by atoms with Gasteiger partial charge >= 0.3 is 5.97 Å². The number of ether oxygens (including phenoxy) is 2. The van der Waals surface area contributed by atoms with Crippen molar-refractivity contribution in [3.63, 3.8) is 0 Å².